The molecule has 1 aromatic heterocycles. The van der Waals surface area contributed by atoms with E-state index in [9.17, 15) is 4.79 Å². The molecule has 112 valence electrons. The lowest BCUT2D eigenvalue weighted by Crippen LogP contribution is -2.28. The Morgan fingerprint density at radius 2 is 2.33 bits per heavy atom. The van der Waals surface area contributed by atoms with E-state index in [0.29, 0.717) is 16.5 Å². The number of halogens is 1. The first-order valence-corrected chi connectivity index (χ1v) is 8.98. The summed E-state index contributed by atoms with van der Waals surface area (Å²) in [7, 11) is 0. The summed E-state index contributed by atoms with van der Waals surface area (Å²) in [6.07, 6.45) is 3.51. The second-order valence-electron chi connectivity index (χ2n) is 5.68. The number of fused-ring (bicyclic) bond motifs is 1. The van der Waals surface area contributed by atoms with Gasteiger partial charge in [0, 0.05) is 27.6 Å². The van der Waals surface area contributed by atoms with Crippen molar-refractivity contribution < 1.29 is 4.79 Å². The van der Waals surface area contributed by atoms with Crippen LogP contribution in [0.4, 0.5) is 5.69 Å². The van der Waals surface area contributed by atoms with Crippen LogP contribution < -0.4 is 5.73 Å². The second-order valence-corrected chi connectivity index (χ2v) is 7.65. The minimum Gasteiger partial charge on any atom is -0.397 e. The number of hydrogen-bond donors (Lipinski definition) is 1. The molecule has 1 aromatic carbocycles. The second kappa shape index (κ2) is 5.97. The van der Waals surface area contributed by atoms with Gasteiger partial charge >= 0.3 is 0 Å². The molecule has 0 radical (unpaired) electrons. The van der Waals surface area contributed by atoms with Crippen molar-refractivity contribution in [3.05, 3.63) is 27.5 Å². The summed E-state index contributed by atoms with van der Waals surface area (Å²) in [5, 5.41) is 0.974. The molecular weight excluding hydrogens is 348 g/mol. The molecule has 2 heterocycles. The molecule has 2 aromatic rings. The molecule has 1 aliphatic rings. The number of carbonyl (C=O) groups is 1. The summed E-state index contributed by atoms with van der Waals surface area (Å²) in [5.74, 6) is 0.757. The van der Waals surface area contributed by atoms with Crippen LogP contribution in [0.5, 0.6) is 0 Å². The molecule has 1 amide bonds. The maximum Gasteiger partial charge on any atom is 0.266 e. The van der Waals surface area contributed by atoms with Gasteiger partial charge in [0.05, 0.1) is 5.69 Å². The Balaban J connectivity index is 1.87. The van der Waals surface area contributed by atoms with Crippen LogP contribution in [0, 0.1) is 5.92 Å². The summed E-state index contributed by atoms with van der Waals surface area (Å²) in [6.45, 7) is 3.94. The number of hydrogen-bond acceptors (Lipinski definition) is 3. The number of benzene rings is 1. The van der Waals surface area contributed by atoms with E-state index in [-0.39, 0.29) is 5.91 Å². The predicted molar refractivity (Wildman–Crippen MR) is 92.9 cm³/mol. The number of amides is 1. The Hall–Kier alpha value is -1.07. The molecule has 1 atom stereocenters. The number of nitrogens with two attached hydrogens (primary N) is 1. The van der Waals surface area contributed by atoms with Crippen LogP contribution in [-0.4, -0.2) is 23.9 Å². The number of likely N-dealkylation sites (tertiary alicyclic amines) is 1. The summed E-state index contributed by atoms with van der Waals surface area (Å²) < 4.78 is 2.06. The highest BCUT2D eigenvalue weighted by atomic mass is 79.9. The van der Waals surface area contributed by atoms with Gasteiger partial charge in [-0.25, -0.2) is 0 Å². The zero-order valence-electron chi connectivity index (χ0n) is 12.1. The zero-order valence-corrected chi connectivity index (χ0v) is 14.5. The quantitative estimate of drug-likeness (QED) is 0.868. The fraction of sp³-hybridized carbons (Fsp3) is 0.438. The van der Waals surface area contributed by atoms with Crippen molar-refractivity contribution in [2.75, 3.05) is 18.8 Å². The molecule has 1 aliphatic heterocycles. The third-order valence-corrected chi connectivity index (χ3v) is 5.82. The molecule has 1 fully saturated rings. The van der Waals surface area contributed by atoms with Crippen LogP contribution >= 0.6 is 27.3 Å². The van der Waals surface area contributed by atoms with E-state index < -0.39 is 0 Å². The number of carbonyl (C=O) groups excluding carboxylic acids is 1. The van der Waals surface area contributed by atoms with E-state index in [4.69, 9.17) is 5.73 Å². The Morgan fingerprint density at radius 1 is 1.52 bits per heavy atom. The SMILES string of the molecule is CCCC1CCN(C(=O)c2sc3ccc(Br)cc3c2N)C1. The lowest BCUT2D eigenvalue weighted by atomic mass is 10.0. The highest BCUT2D eigenvalue weighted by Crippen LogP contribution is 2.36. The number of anilines is 1. The van der Waals surface area contributed by atoms with Crippen LogP contribution in [0.15, 0.2) is 22.7 Å². The lowest BCUT2D eigenvalue weighted by Gasteiger charge is -2.15. The van der Waals surface area contributed by atoms with Gasteiger partial charge in [-0.1, -0.05) is 29.3 Å². The molecule has 2 N–H and O–H groups in total. The minimum absolute atomic E-state index is 0.100. The molecule has 0 spiro atoms. The van der Waals surface area contributed by atoms with Crippen LogP contribution in [0.25, 0.3) is 10.1 Å². The predicted octanol–water partition coefficient (Wildman–Crippen LogP) is 4.51. The molecule has 1 unspecified atom stereocenters. The molecular formula is C16H19BrN2OS. The van der Waals surface area contributed by atoms with Gasteiger partial charge < -0.3 is 10.6 Å². The standard InChI is InChI=1S/C16H19BrN2OS/c1-2-3-10-6-7-19(9-10)16(20)15-14(18)12-8-11(17)4-5-13(12)21-15/h4-5,8,10H,2-3,6-7,9,18H2,1H3. The third-order valence-electron chi connectivity index (χ3n) is 4.15. The normalized spacial score (nSPS) is 18.6. The van der Waals surface area contributed by atoms with Gasteiger partial charge in [0.1, 0.15) is 4.88 Å². The van der Waals surface area contributed by atoms with Crippen molar-refractivity contribution in [3.8, 4) is 0 Å². The Kier molecular flexibility index (Phi) is 4.22. The van der Waals surface area contributed by atoms with Gasteiger partial charge in [-0.2, -0.15) is 0 Å². The van der Waals surface area contributed by atoms with Crippen molar-refractivity contribution in [2.45, 2.75) is 26.2 Å². The molecule has 0 bridgehead atoms. The van der Waals surface area contributed by atoms with Gasteiger partial charge in [0.2, 0.25) is 0 Å². The fourth-order valence-corrected chi connectivity index (χ4v) is 4.48. The average Bonchev–Trinajstić information content (AvgIpc) is 3.05. The largest absolute Gasteiger partial charge is 0.397 e. The van der Waals surface area contributed by atoms with Crippen molar-refractivity contribution in [1.29, 1.82) is 0 Å². The molecule has 21 heavy (non-hydrogen) atoms. The van der Waals surface area contributed by atoms with E-state index in [1.807, 2.05) is 23.1 Å². The fourth-order valence-electron chi connectivity index (χ4n) is 3.05. The van der Waals surface area contributed by atoms with E-state index in [1.54, 1.807) is 0 Å². The average molecular weight is 367 g/mol. The zero-order chi connectivity index (χ0) is 15.0. The summed E-state index contributed by atoms with van der Waals surface area (Å²) in [6, 6.07) is 5.99. The van der Waals surface area contributed by atoms with Crippen LogP contribution in [0.1, 0.15) is 35.9 Å². The summed E-state index contributed by atoms with van der Waals surface area (Å²) in [5.41, 5.74) is 6.84. The van der Waals surface area contributed by atoms with Gasteiger partial charge in [-0.05, 0) is 37.0 Å². The molecule has 1 saturated heterocycles. The number of rotatable bonds is 3. The Bertz CT molecular complexity index is 682. The monoisotopic (exact) mass is 366 g/mol. The third kappa shape index (κ3) is 2.81. The maximum atomic E-state index is 12.7. The van der Waals surface area contributed by atoms with Crippen molar-refractivity contribution in [2.24, 2.45) is 5.92 Å². The first kappa shape index (κ1) is 14.9. The van der Waals surface area contributed by atoms with Crippen molar-refractivity contribution in [3.63, 3.8) is 0 Å². The summed E-state index contributed by atoms with van der Waals surface area (Å²) in [4.78, 5) is 15.4. The molecule has 3 rings (SSSR count). The first-order chi connectivity index (χ1) is 10.1. The van der Waals surface area contributed by atoms with Gasteiger partial charge in [0.15, 0.2) is 0 Å². The Labute approximate surface area is 137 Å². The number of nitrogen functional groups attached to an aromatic ring is 1. The highest BCUT2D eigenvalue weighted by molar-refractivity contribution is 9.10. The molecule has 3 nitrogen and oxygen atoms in total. The number of nitrogens with zero attached hydrogens (tertiary/aromatic N) is 1. The van der Waals surface area contributed by atoms with Gasteiger partial charge in [-0.3, -0.25) is 4.79 Å². The molecule has 5 heteroatoms. The van der Waals surface area contributed by atoms with E-state index >= 15 is 0 Å². The van der Waals surface area contributed by atoms with Crippen molar-refractivity contribution in [1.82, 2.24) is 4.90 Å². The molecule has 0 aliphatic carbocycles. The lowest BCUT2D eigenvalue weighted by molar-refractivity contribution is 0.0792. The van der Waals surface area contributed by atoms with Gasteiger partial charge in [-0.15, -0.1) is 11.3 Å². The van der Waals surface area contributed by atoms with E-state index in [2.05, 4.69) is 22.9 Å². The first-order valence-electron chi connectivity index (χ1n) is 7.37. The minimum atomic E-state index is 0.100. The van der Waals surface area contributed by atoms with Crippen LogP contribution in [0.2, 0.25) is 0 Å². The van der Waals surface area contributed by atoms with Crippen molar-refractivity contribution >= 4 is 48.9 Å². The summed E-state index contributed by atoms with van der Waals surface area (Å²) >= 11 is 4.96. The molecule has 0 saturated carbocycles. The van der Waals surface area contributed by atoms with Crippen LogP contribution in [0.3, 0.4) is 0 Å². The van der Waals surface area contributed by atoms with E-state index in [1.165, 1.54) is 24.2 Å². The maximum absolute atomic E-state index is 12.7. The number of thiophene rings is 1. The highest BCUT2D eigenvalue weighted by Gasteiger charge is 2.28. The Morgan fingerprint density at radius 3 is 3.10 bits per heavy atom. The topological polar surface area (TPSA) is 46.3 Å². The van der Waals surface area contributed by atoms with Crippen LogP contribution in [-0.2, 0) is 0 Å². The van der Waals surface area contributed by atoms with E-state index in [0.717, 1.165) is 34.1 Å². The van der Waals surface area contributed by atoms with Gasteiger partial charge in [0.25, 0.3) is 5.91 Å². The smallest absolute Gasteiger partial charge is 0.266 e.